The lowest BCUT2D eigenvalue weighted by molar-refractivity contribution is 0.317. The van der Waals surface area contributed by atoms with Gasteiger partial charge in [-0.1, -0.05) is 13.3 Å². The fraction of sp³-hybridized carbons (Fsp3) is 0.500. The molecule has 104 valence electrons. The minimum Gasteiger partial charge on any atom is -0.494 e. The minimum atomic E-state index is -2.93. The highest BCUT2D eigenvalue weighted by Crippen LogP contribution is 2.12. The molecule has 0 fully saturated rings. The van der Waals surface area contributed by atoms with E-state index in [1.165, 1.54) is 0 Å². The monoisotopic (exact) mass is 281 g/mol. The fourth-order valence-corrected chi connectivity index (χ4v) is 3.05. The average Bonchev–Trinajstić information content (AvgIpc) is 2.42. The van der Waals surface area contributed by atoms with Gasteiger partial charge in [0.15, 0.2) is 0 Å². The van der Waals surface area contributed by atoms with Crippen LogP contribution in [0.15, 0.2) is 24.3 Å². The van der Waals surface area contributed by atoms with E-state index in [1.54, 1.807) is 24.3 Å². The van der Waals surface area contributed by atoms with E-state index in [0.717, 1.165) is 12.8 Å². The first-order chi connectivity index (χ1) is 9.07. The molecule has 0 saturated carbocycles. The van der Waals surface area contributed by atoms with Crippen LogP contribution in [0.25, 0.3) is 0 Å². The molecule has 5 heteroatoms. The van der Waals surface area contributed by atoms with Gasteiger partial charge in [0.05, 0.1) is 29.7 Å². The number of sulfone groups is 1. The number of hydrogen-bond donors (Lipinski definition) is 0. The molecule has 0 aromatic heterocycles. The second-order valence-electron chi connectivity index (χ2n) is 4.34. The number of nitriles is 1. The van der Waals surface area contributed by atoms with E-state index in [9.17, 15) is 8.42 Å². The standard InChI is InChI=1S/C14H19NO3S/c1-2-3-10-19(16,17)11-4-9-18-14-7-5-13(12-15)6-8-14/h5-8H,2-4,9-11H2,1H3. The van der Waals surface area contributed by atoms with Crippen LogP contribution in [0.2, 0.25) is 0 Å². The lowest BCUT2D eigenvalue weighted by Gasteiger charge is -2.06. The van der Waals surface area contributed by atoms with Gasteiger partial charge in [-0.25, -0.2) is 8.42 Å². The number of nitrogens with zero attached hydrogens (tertiary/aromatic N) is 1. The van der Waals surface area contributed by atoms with Crippen LogP contribution in [0.1, 0.15) is 31.7 Å². The fourth-order valence-electron chi connectivity index (χ4n) is 1.56. The number of hydrogen-bond acceptors (Lipinski definition) is 4. The highest BCUT2D eigenvalue weighted by atomic mass is 32.2. The Kier molecular flexibility index (Phi) is 6.37. The van der Waals surface area contributed by atoms with E-state index in [0.29, 0.717) is 24.3 Å². The molecule has 0 amide bonds. The van der Waals surface area contributed by atoms with Crippen LogP contribution in [0.3, 0.4) is 0 Å². The van der Waals surface area contributed by atoms with Crippen LogP contribution in [0.4, 0.5) is 0 Å². The summed E-state index contributed by atoms with van der Waals surface area (Å²) < 4.78 is 28.6. The van der Waals surface area contributed by atoms with Gasteiger partial charge < -0.3 is 4.74 Å². The van der Waals surface area contributed by atoms with Crippen molar-refractivity contribution >= 4 is 9.84 Å². The largest absolute Gasteiger partial charge is 0.494 e. The number of rotatable bonds is 8. The first-order valence-corrected chi connectivity index (χ1v) is 8.23. The lowest BCUT2D eigenvalue weighted by atomic mass is 10.2. The summed E-state index contributed by atoms with van der Waals surface area (Å²) in [6.45, 7) is 2.35. The molecule has 0 aliphatic carbocycles. The zero-order chi connectivity index (χ0) is 14.1. The summed E-state index contributed by atoms with van der Waals surface area (Å²) in [6.07, 6.45) is 2.10. The molecule has 0 unspecified atom stereocenters. The Hall–Kier alpha value is -1.54. The van der Waals surface area contributed by atoms with Gasteiger partial charge in [0.1, 0.15) is 15.6 Å². The van der Waals surface area contributed by atoms with Crippen LogP contribution in [-0.2, 0) is 9.84 Å². The third kappa shape index (κ3) is 6.25. The molecule has 0 spiro atoms. The van der Waals surface area contributed by atoms with E-state index in [2.05, 4.69) is 0 Å². The van der Waals surface area contributed by atoms with Crippen molar-refractivity contribution in [3.8, 4) is 11.8 Å². The van der Waals surface area contributed by atoms with Gasteiger partial charge in [-0.15, -0.1) is 0 Å². The molecule has 0 heterocycles. The lowest BCUT2D eigenvalue weighted by Crippen LogP contribution is -2.13. The molecule has 0 aliphatic heterocycles. The van der Waals surface area contributed by atoms with Crippen molar-refractivity contribution < 1.29 is 13.2 Å². The normalized spacial score (nSPS) is 10.9. The Labute approximate surface area is 114 Å². The molecule has 0 bridgehead atoms. The van der Waals surface area contributed by atoms with E-state index in [-0.39, 0.29) is 11.5 Å². The van der Waals surface area contributed by atoms with Crippen LogP contribution in [0.5, 0.6) is 5.75 Å². The van der Waals surface area contributed by atoms with Gasteiger partial charge in [0.2, 0.25) is 0 Å². The molecule has 1 rings (SSSR count). The van der Waals surface area contributed by atoms with Crippen molar-refractivity contribution in [3.63, 3.8) is 0 Å². The Balaban J connectivity index is 2.29. The average molecular weight is 281 g/mol. The van der Waals surface area contributed by atoms with E-state index >= 15 is 0 Å². The maximum Gasteiger partial charge on any atom is 0.150 e. The molecule has 1 aromatic carbocycles. The third-order valence-corrected chi connectivity index (χ3v) is 4.48. The van der Waals surface area contributed by atoms with Gasteiger partial charge in [-0.3, -0.25) is 0 Å². The quantitative estimate of drug-likeness (QED) is 0.687. The Bertz CT molecular complexity index is 515. The van der Waals surface area contributed by atoms with Crippen molar-refractivity contribution in [1.82, 2.24) is 0 Å². The highest BCUT2D eigenvalue weighted by Gasteiger charge is 2.09. The molecule has 0 aliphatic rings. The molecule has 0 radical (unpaired) electrons. The van der Waals surface area contributed by atoms with Crippen molar-refractivity contribution in [2.75, 3.05) is 18.1 Å². The van der Waals surface area contributed by atoms with E-state index < -0.39 is 9.84 Å². The molecular formula is C14H19NO3S. The van der Waals surface area contributed by atoms with Gasteiger partial charge in [-0.05, 0) is 37.1 Å². The highest BCUT2D eigenvalue weighted by molar-refractivity contribution is 7.91. The summed E-state index contributed by atoms with van der Waals surface area (Å²) in [4.78, 5) is 0. The van der Waals surface area contributed by atoms with Gasteiger partial charge in [0.25, 0.3) is 0 Å². The first kappa shape index (κ1) is 15.5. The Morgan fingerprint density at radius 3 is 2.37 bits per heavy atom. The second-order valence-corrected chi connectivity index (χ2v) is 6.65. The minimum absolute atomic E-state index is 0.170. The predicted molar refractivity (Wildman–Crippen MR) is 74.8 cm³/mol. The number of benzene rings is 1. The van der Waals surface area contributed by atoms with Crippen LogP contribution in [0, 0.1) is 11.3 Å². The van der Waals surface area contributed by atoms with Gasteiger partial charge in [-0.2, -0.15) is 5.26 Å². The van der Waals surface area contributed by atoms with E-state index in [4.69, 9.17) is 10.00 Å². The molecule has 0 N–H and O–H groups in total. The topological polar surface area (TPSA) is 67.2 Å². The van der Waals surface area contributed by atoms with Crippen molar-refractivity contribution in [3.05, 3.63) is 29.8 Å². The van der Waals surface area contributed by atoms with E-state index in [1.807, 2.05) is 13.0 Å². The number of ether oxygens (including phenoxy) is 1. The molecular weight excluding hydrogens is 262 g/mol. The maximum atomic E-state index is 11.6. The summed E-state index contributed by atoms with van der Waals surface area (Å²) in [6, 6.07) is 8.80. The van der Waals surface area contributed by atoms with Gasteiger partial charge >= 0.3 is 0 Å². The summed E-state index contributed by atoms with van der Waals surface area (Å²) >= 11 is 0. The van der Waals surface area contributed by atoms with Crippen molar-refractivity contribution in [2.24, 2.45) is 0 Å². The van der Waals surface area contributed by atoms with Crippen LogP contribution in [-0.4, -0.2) is 26.5 Å². The molecule has 0 atom stereocenters. The zero-order valence-electron chi connectivity index (χ0n) is 11.1. The van der Waals surface area contributed by atoms with Crippen molar-refractivity contribution in [2.45, 2.75) is 26.2 Å². The summed E-state index contributed by atoms with van der Waals surface area (Å²) in [5.41, 5.74) is 0.578. The SMILES string of the molecule is CCCCS(=O)(=O)CCCOc1ccc(C#N)cc1. The first-order valence-electron chi connectivity index (χ1n) is 6.41. The predicted octanol–water partition coefficient (Wildman–Crippen LogP) is 2.54. The molecule has 19 heavy (non-hydrogen) atoms. The molecule has 1 aromatic rings. The van der Waals surface area contributed by atoms with Gasteiger partial charge in [0, 0.05) is 0 Å². The third-order valence-electron chi connectivity index (χ3n) is 2.66. The molecule has 4 nitrogen and oxygen atoms in total. The summed E-state index contributed by atoms with van der Waals surface area (Å²) in [7, 11) is -2.93. The van der Waals surface area contributed by atoms with Crippen LogP contribution < -0.4 is 4.74 Å². The smallest absolute Gasteiger partial charge is 0.150 e. The Morgan fingerprint density at radius 1 is 1.16 bits per heavy atom. The second kappa shape index (κ2) is 7.80. The van der Waals surface area contributed by atoms with Crippen molar-refractivity contribution in [1.29, 1.82) is 5.26 Å². The summed E-state index contributed by atoms with van der Waals surface area (Å²) in [5.74, 6) is 1.09. The Morgan fingerprint density at radius 2 is 1.79 bits per heavy atom. The molecule has 0 saturated heterocycles. The zero-order valence-corrected chi connectivity index (χ0v) is 11.9. The maximum absolute atomic E-state index is 11.6. The summed E-state index contributed by atoms with van der Waals surface area (Å²) in [5, 5.41) is 8.65. The number of unbranched alkanes of at least 4 members (excludes halogenated alkanes) is 1. The van der Waals surface area contributed by atoms with Crippen LogP contribution >= 0.6 is 0 Å².